The highest BCUT2D eigenvalue weighted by Crippen LogP contribution is 2.16. The van der Waals surface area contributed by atoms with Crippen molar-refractivity contribution in [3.05, 3.63) is 34.3 Å². The number of hydrogen-bond acceptors (Lipinski definition) is 5. The molecule has 0 amide bonds. The third-order valence-corrected chi connectivity index (χ3v) is 2.23. The van der Waals surface area contributed by atoms with Gasteiger partial charge in [0.25, 0.3) is 0 Å². The van der Waals surface area contributed by atoms with Crippen LogP contribution in [0.25, 0.3) is 11.1 Å². The van der Waals surface area contributed by atoms with Crippen molar-refractivity contribution in [2.24, 2.45) is 5.84 Å². The van der Waals surface area contributed by atoms with E-state index >= 15 is 0 Å². The fourth-order valence-corrected chi connectivity index (χ4v) is 1.49. The first kappa shape index (κ1) is 9.91. The Balaban J connectivity index is 2.49. The number of aromatic amines is 1. The van der Waals surface area contributed by atoms with Gasteiger partial charge in [-0.15, -0.1) is 0 Å². The van der Waals surface area contributed by atoms with E-state index in [0.29, 0.717) is 11.1 Å². The van der Waals surface area contributed by atoms with Crippen molar-refractivity contribution < 1.29 is 4.42 Å². The van der Waals surface area contributed by atoms with Crippen LogP contribution in [0.4, 0.5) is 0 Å². The molecule has 0 saturated carbocycles. The molecule has 0 spiro atoms. The minimum absolute atomic E-state index is 0.172. The SMILES string of the molecule is CNC(NN)c1ccc2[nH]c(=O)oc2c1. The highest BCUT2D eigenvalue weighted by Gasteiger charge is 2.08. The summed E-state index contributed by atoms with van der Waals surface area (Å²) in [5, 5.41) is 2.97. The number of rotatable bonds is 3. The lowest BCUT2D eigenvalue weighted by atomic mass is 10.1. The van der Waals surface area contributed by atoms with Crippen molar-refractivity contribution in [3.8, 4) is 0 Å². The molecular formula is C9H12N4O2. The quantitative estimate of drug-likeness (QED) is 0.318. The Morgan fingerprint density at radius 2 is 2.33 bits per heavy atom. The molecule has 0 fully saturated rings. The van der Waals surface area contributed by atoms with Crippen LogP contribution in [-0.2, 0) is 0 Å². The molecule has 0 radical (unpaired) electrons. The summed E-state index contributed by atoms with van der Waals surface area (Å²) in [6, 6.07) is 5.39. The van der Waals surface area contributed by atoms with Crippen molar-refractivity contribution in [1.82, 2.24) is 15.7 Å². The van der Waals surface area contributed by atoms with E-state index in [0.717, 1.165) is 5.56 Å². The van der Waals surface area contributed by atoms with Crippen LogP contribution in [0.3, 0.4) is 0 Å². The average Bonchev–Trinajstić information content (AvgIpc) is 2.59. The lowest BCUT2D eigenvalue weighted by Gasteiger charge is -2.14. The van der Waals surface area contributed by atoms with Gasteiger partial charge in [-0.2, -0.15) is 0 Å². The molecule has 1 aromatic carbocycles. The minimum atomic E-state index is -0.455. The molecular weight excluding hydrogens is 196 g/mol. The summed E-state index contributed by atoms with van der Waals surface area (Å²) < 4.78 is 4.94. The summed E-state index contributed by atoms with van der Waals surface area (Å²) in [6.45, 7) is 0. The Morgan fingerprint density at radius 1 is 1.53 bits per heavy atom. The number of H-pyrrole nitrogens is 1. The molecule has 15 heavy (non-hydrogen) atoms. The number of fused-ring (bicyclic) bond motifs is 1. The van der Waals surface area contributed by atoms with Crippen LogP contribution in [0.2, 0.25) is 0 Å². The monoisotopic (exact) mass is 208 g/mol. The first-order valence-corrected chi connectivity index (χ1v) is 4.51. The highest BCUT2D eigenvalue weighted by molar-refractivity contribution is 5.72. The molecule has 0 bridgehead atoms. The number of oxazole rings is 1. The molecule has 1 unspecified atom stereocenters. The molecule has 5 N–H and O–H groups in total. The van der Waals surface area contributed by atoms with Crippen LogP contribution in [0.1, 0.15) is 11.7 Å². The third kappa shape index (κ3) is 1.78. The topological polar surface area (TPSA) is 96.1 Å². The highest BCUT2D eigenvalue weighted by atomic mass is 16.4. The summed E-state index contributed by atoms with van der Waals surface area (Å²) in [5.74, 6) is 4.90. The minimum Gasteiger partial charge on any atom is -0.408 e. The predicted molar refractivity (Wildman–Crippen MR) is 56.0 cm³/mol. The summed E-state index contributed by atoms with van der Waals surface area (Å²) >= 11 is 0. The van der Waals surface area contributed by atoms with Crippen molar-refractivity contribution in [2.45, 2.75) is 6.17 Å². The third-order valence-electron chi connectivity index (χ3n) is 2.23. The number of benzene rings is 1. The molecule has 1 aromatic heterocycles. The lowest BCUT2D eigenvalue weighted by molar-refractivity contribution is 0.487. The second-order valence-electron chi connectivity index (χ2n) is 3.16. The fourth-order valence-electron chi connectivity index (χ4n) is 1.49. The van der Waals surface area contributed by atoms with Crippen LogP contribution in [-0.4, -0.2) is 12.0 Å². The van der Waals surface area contributed by atoms with E-state index in [9.17, 15) is 4.79 Å². The van der Waals surface area contributed by atoms with E-state index in [2.05, 4.69) is 15.7 Å². The van der Waals surface area contributed by atoms with Gasteiger partial charge < -0.3 is 9.73 Å². The second kappa shape index (κ2) is 3.85. The van der Waals surface area contributed by atoms with Gasteiger partial charge in [0.2, 0.25) is 0 Å². The standard InChI is InChI=1S/C9H12N4O2/c1-11-8(13-10)5-2-3-6-7(4-5)15-9(14)12-6/h2-4,8,11,13H,10H2,1H3,(H,12,14). The molecule has 0 aliphatic carbocycles. The molecule has 0 aliphatic heterocycles. The molecule has 6 heteroatoms. The maximum absolute atomic E-state index is 10.9. The lowest BCUT2D eigenvalue weighted by Crippen LogP contribution is -2.36. The van der Waals surface area contributed by atoms with E-state index in [1.165, 1.54) is 0 Å². The van der Waals surface area contributed by atoms with Crippen LogP contribution in [0.5, 0.6) is 0 Å². The number of hydrogen-bond donors (Lipinski definition) is 4. The Morgan fingerprint density at radius 3 is 3.00 bits per heavy atom. The average molecular weight is 208 g/mol. The Labute approximate surface area is 85.4 Å². The van der Waals surface area contributed by atoms with Gasteiger partial charge in [0.05, 0.1) is 11.7 Å². The zero-order valence-electron chi connectivity index (χ0n) is 8.20. The first-order valence-electron chi connectivity index (χ1n) is 4.51. The summed E-state index contributed by atoms with van der Waals surface area (Å²) in [4.78, 5) is 13.5. The smallest absolute Gasteiger partial charge is 0.408 e. The van der Waals surface area contributed by atoms with E-state index in [4.69, 9.17) is 10.3 Å². The van der Waals surface area contributed by atoms with Gasteiger partial charge in [0, 0.05) is 0 Å². The number of nitrogens with two attached hydrogens (primary N) is 1. The van der Waals surface area contributed by atoms with Crippen molar-refractivity contribution >= 4 is 11.1 Å². The zero-order chi connectivity index (χ0) is 10.8. The van der Waals surface area contributed by atoms with Crippen LogP contribution >= 0.6 is 0 Å². The molecule has 80 valence electrons. The summed E-state index contributed by atoms with van der Waals surface area (Å²) in [5.41, 5.74) is 4.69. The summed E-state index contributed by atoms with van der Waals surface area (Å²) in [7, 11) is 1.78. The molecule has 1 atom stereocenters. The van der Waals surface area contributed by atoms with Gasteiger partial charge in [-0.25, -0.2) is 10.2 Å². The second-order valence-corrected chi connectivity index (χ2v) is 3.16. The Bertz CT molecular complexity index is 512. The maximum Gasteiger partial charge on any atom is 0.417 e. The molecule has 6 nitrogen and oxygen atoms in total. The summed E-state index contributed by atoms with van der Waals surface area (Å²) in [6.07, 6.45) is -0.172. The van der Waals surface area contributed by atoms with E-state index in [1.54, 1.807) is 19.2 Å². The van der Waals surface area contributed by atoms with Gasteiger partial charge in [0.15, 0.2) is 5.58 Å². The van der Waals surface area contributed by atoms with Crippen molar-refractivity contribution in [1.29, 1.82) is 0 Å². The van der Waals surface area contributed by atoms with Crippen molar-refractivity contribution in [3.63, 3.8) is 0 Å². The normalized spacial score (nSPS) is 13.2. The Kier molecular flexibility index (Phi) is 2.55. The molecule has 1 heterocycles. The van der Waals surface area contributed by atoms with Gasteiger partial charge in [-0.1, -0.05) is 6.07 Å². The van der Waals surface area contributed by atoms with Gasteiger partial charge in [-0.3, -0.25) is 10.8 Å². The van der Waals surface area contributed by atoms with E-state index in [1.807, 2.05) is 6.07 Å². The van der Waals surface area contributed by atoms with Gasteiger partial charge in [-0.05, 0) is 24.7 Å². The van der Waals surface area contributed by atoms with E-state index < -0.39 is 5.76 Å². The first-order chi connectivity index (χ1) is 7.24. The molecule has 2 rings (SSSR count). The zero-order valence-corrected chi connectivity index (χ0v) is 8.20. The van der Waals surface area contributed by atoms with Crippen molar-refractivity contribution in [2.75, 3.05) is 7.05 Å². The van der Waals surface area contributed by atoms with Crippen LogP contribution in [0.15, 0.2) is 27.4 Å². The van der Waals surface area contributed by atoms with Gasteiger partial charge >= 0.3 is 5.76 Å². The largest absolute Gasteiger partial charge is 0.417 e. The molecule has 2 aromatic rings. The number of aromatic nitrogens is 1. The predicted octanol–water partition coefficient (Wildman–Crippen LogP) is -0.198. The fraction of sp³-hybridized carbons (Fsp3) is 0.222. The number of hydrazine groups is 1. The molecule has 0 saturated heterocycles. The van der Waals surface area contributed by atoms with Crippen LogP contribution < -0.4 is 22.3 Å². The maximum atomic E-state index is 10.9. The Hall–Kier alpha value is -1.63. The van der Waals surface area contributed by atoms with E-state index in [-0.39, 0.29) is 6.17 Å². The number of nitrogens with one attached hydrogen (secondary N) is 3. The van der Waals surface area contributed by atoms with Gasteiger partial charge in [0.1, 0.15) is 0 Å². The molecule has 0 aliphatic rings. The van der Waals surface area contributed by atoms with Crippen LogP contribution in [0, 0.1) is 0 Å².